The van der Waals surface area contributed by atoms with Gasteiger partial charge in [-0.1, -0.05) is 70.5 Å². The van der Waals surface area contributed by atoms with Crippen LogP contribution in [-0.2, 0) is 24.9 Å². The maximum Gasteiger partial charge on any atom is 0.416 e. The summed E-state index contributed by atoms with van der Waals surface area (Å²) in [4.78, 5) is 87.8. The number of pyridine rings is 4. The fraction of sp³-hybridized carbons (Fsp3) is 0.417. The molecular formula is C84H92F9N17O7. The number of alkyl halides is 9. The molecule has 6 aliphatic rings. The van der Waals surface area contributed by atoms with E-state index < -0.39 is 53.3 Å². The monoisotopic (exact) mass is 1620 g/mol. The Morgan fingerprint density at radius 1 is 0.496 bits per heavy atom. The van der Waals surface area contributed by atoms with E-state index in [1.807, 2.05) is 52.8 Å². The number of piperidine rings is 3. The number of aliphatic hydroxyl groups excluding tert-OH is 2. The summed E-state index contributed by atoms with van der Waals surface area (Å²) in [5.41, 5.74) is 6.00. The zero-order chi connectivity index (χ0) is 83.2. The summed E-state index contributed by atoms with van der Waals surface area (Å²) in [7, 11) is 0. The largest absolute Gasteiger partial charge is 0.477 e. The molecular weight excluding hydrogens is 1530 g/mol. The van der Waals surface area contributed by atoms with Crippen molar-refractivity contribution in [1.29, 1.82) is 0 Å². The third-order valence-electron chi connectivity index (χ3n) is 21.6. The molecule has 6 aromatic heterocycles. The van der Waals surface area contributed by atoms with Gasteiger partial charge in [0.05, 0.1) is 82.2 Å². The van der Waals surface area contributed by atoms with Crippen LogP contribution in [0, 0.1) is 38.5 Å². The van der Waals surface area contributed by atoms with E-state index in [9.17, 15) is 64.1 Å². The SMILES string of the molecule is CC[C@@H](C)CCc1cnc(NC(=O)N2c3nc(-c4cccc(C(F)(F)F)c4)c(C)cc3N3CCC[C@H]2C3)nc1.Cc1cc2c(nc1-c1cccc(C(F)(F)F)c1)N(C(=O)Nc1cc(OC[C@@H](C)CO)ncn1)[C@H]1CCCN2C1.Cc1cc2c(nc1-c1cccc(C(F)(F)F)c1)N(C(=O)Nc1ccnc(OC[C@H](C)CO)c1)[C@H]1CCCN2C1. The number of aliphatic hydroxyl groups is 2. The molecule has 0 spiro atoms. The Morgan fingerprint density at radius 3 is 1.30 bits per heavy atom. The van der Waals surface area contributed by atoms with E-state index in [2.05, 4.69) is 69.4 Å². The fourth-order valence-corrected chi connectivity index (χ4v) is 15.1. The van der Waals surface area contributed by atoms with Crippen LogP contribution in [0.25, 0.3) is 33.8 Å². The second-order valence-corrected chi connectivity index (χ2v) is 30.6. The average molecular weight is 1620 g/mol. The number of rotatable bonds is 18. The number of ether oxygens (including phenoxy) is 2. The number of carbonyl (C=O) groups is 3. The smallest absolute Gasteiger partial charge is 0.416 e. The molecule has 9 aromatic rings. The first-order chi connectivity index (χ1) is 55.9. The zero-order valence-electron chi connectivity index (χ0n) is 65.7. The maximum absolute atomic E-state index is 13.7. The predicted molar refractivity (Wildman–Crippen MR) is 428 cm³/mol. The first-order valence-electron chi connectivity index (χ1n) is 39.1. The van der Waals surface area contributed by atoms with Crippen molar-refractivity contribution in [3.05, 3.63) is 173 Å². The Labute approximate surface area is 670 Å². The van der Waals surface area contributed by atoms with Gasteiger partial charge in [-0.3, -0.25) is 25.3 Å². The number of amides is 6. The van der Waals surface area contributed by atoms with Crippen molar-refractivity contribution in [2.24, 2.45) is 17.8 Å². The summed E-state index contributed by atoms with van der Waals surface area (Å²) >= 11 is 0. The Bertz CT molecular complexity index is 4860. The van der Waals surface area contributed by atoms with Crippen LogP contribution in [0.2, 0.25) is 0 Å². The van der Waals surface area contributed by atoms with E-state index >= 15 is 0 Å². The van der Waals surface area contributed by atoms with E-state index in [1.54, 1.807) is 57.4 Å². The van der Waals surface area contributed by atoms with Gasteiger partial charge in [-0.15, -0.1) is 0 Å². The lowest BCUT2D eigenvalue weighted by atomic mass is 9.97. The highest BCUT2D eigenvalue weighted by Gasteiger charge is 2.44. The summed E-state index contributed by atoms with van der Waals surface area (Å²) in [6, 6.07) is 24.1. The molecule has 6 atom stereocenters. The van der Waals surface area contributed by atoms with Gasteiger partial charge >= 0.3 is 36.6 Å². The van der Waals surface area contributed by atoms with Crippen LogP contribution >= 0.6 is 0 Å². The van der Waals surface area contributed by atoms with Crippen LogP contribution in [0.4, 0.5) is 106 Å². The summed E-state index contributed by atoms with van der Waals surface area (Å²) in [5, 5.41) is 27.0. The second-order valence-electron chi connectivity index (χ2n) is 30.6. The number of halogens is 9. The second kappa shape index (κ2) is 35.5. The topological polar surface area (TPSA) is 269 Å². The first-order valence-corrected chi connectivity index (χ1v) is 39.1. The molecule has 117 heavy (non-hydrogen) atoms. The molecule has 0 saturated carbocycles. The molecule has 3 aromatic carbocycles. The van der Waals surface area contributed by atoms with Crippen molar-refractivity contribution < 1.29 is 73.6 Å². The van der Waals surface area contributed by atoms with Crippen LogP contribution in [0.3, 0.4) is 0 Å². The van der Waals surface area contributed by atoms with Gasteiger partial charge in [0, 0.05) is 117 Å². The molecule has 5 N–H and O–H groups in total. The maximum atomic E-state index is 13.7. The number of anilines is 9. The number of fused-ring (bicyclic) bond motifs is 12. The number of aryl methyl sites for hydroxylation is 4. The Kier molecular flexibility index (Phi) is 25.4. The van der Waals surface area contributed by atoms with Crippen molar-refractivity contribution in [2.75, 3.05) is 111 Å². The molecule has 3 fully saturated rings. The lowest BCUT2D eigenvalue weighted by Gasteiger charge is -2.46. The molecule has 6 aliphatic heterocycles. The van der Waals surface area contributed by atoms with E-state index in [-0.39, 0.29) is 74.0 Å². The van der Waals surface area contributed by atoms with Gasteiger partial charge in [0.2, 0.25) is 17.7 Å². The summed E-state index contributed by atoms with van der Waals surface area (Å²) < 4.78 is 132. The van der Waals surface area contributed by atoms with E-state index in [1.165, 1.54) is 36.8 Å². The van der Waals surface area contributed by atoms with Gasteiger partial charge in [-0.2, -0.15) is 39.5 Å². The van der Waals surface area contributed by atoms with Crippen molar-refractivity contribution >= 4 is 70.1 Å². The van der Waals surface area contributed by atoms with Crippen LogP contribution in [0.5, 0.6) is 11.8 Å². The number of carbonyl (C=O) groups excluding carboxylic acids is 3. The van der Waals surface area contributed by atoms with Gasteiger partial charge in [-0.25, -0.2) is 54.3 Å². The van der Waals surface area contributed by atoms with Crippen molar-refractivity contribution in [3.8, 4) is 45.5 Å². The third-order valence-corrected chi connectivity index (χ3v) is 21.6. The number of nitrogens with one attached hydrogen (secondary N) is 3. The normalized spacial score (nSPS) is 17.5. The van der Waals surface area contributed by atoms with Crippen molar-refractivity contribution in [2.45, 2.75) is 143 Å². The molecule has 15 rings (SSSR count). The van der Waals surface area contributed by atoms with Gasteiger partial charge in [0.25, 0.3) is 0 Å². The van der Waals surface area contributed by atoms with Crippen LogP contribution in [0.1, 0.15) is 118 Å². The number of hydrogen-bond donors (Lipinski definition) is 5. The highest BCUT2D eigenvalue weighted by atomic mass is 19.4. The molecule has 24 nitrogen and oxygen atoms in total. The highest BCUT2D eigenvalue weighted by Crippen LogP contribution is 2.47. The van der Waals surface area contributed by atoms with E-state index in [4.69, 9.17) is 24.4 Å². The van der Waals surface area contributed by atoms with Gasteiger partial charge < -0.3 is 39.7 Å². The lowest BCUT2D eigenvalue weighted by molar-refractivity contribution is -0.138. The molecule has 33 heteroatoms. The number of benzene rings is 3. The van der Waals surface area contributed by atoms with Gasteiger partial charge in [0.1, 0.15) is 12.1 Å². The minimum Gasteiger partial charge on any atom is -0.477 e. The molecule has 6 amide bonds. The van der Waals surface area contributed by atoms with Crippen LogP contribution in [0.15, 0.2) is 134 Å². The van der Waals surface area contributed by atoms with Gasteiger partial charge in [-0.05, 0) is 161 Å². The Balaban J connectivity index is 0.000000152. The number of hydrogen-bond acceptors (Lipinski definition) is 18. The van der Waals surface area contributed by atoms with E-state index in [0.717, 1.165) is 148 Å². The predicted octanol–water partition coefficient (Wildman–Crippen LogP) is 17.3. The summed E-state index contributed by atoms with van der Waals surface area (Å²) in [5.74, 6) is 2.72. The van der Waals surface area contributed by atoms with Gasteiger partial charge in [0.15, 0.2) is 17.5 Å². The number of aromatic nitrogens is 8. The third kappa shape index (κ3) is 19.5. The number of urea groups is 3. The summed E-state index contributed by atoms with van der Waals surface area (Å²) in [6.45, 7) is 18.4. The minimum absolute atomic E-state index is 0.0157. The molecule has 0 unspecified atom stereocenters. The minimum atomic E-state index is -4.48. The zero-order valence-corrected chi connectivity index (χ0v) is 65.7. The van der Waals surface area contributed by atoms with Crippen molar-refractivity contribution in [1.82, 2.24) is 39.9 Å². The molecule has 6 bridgehead atoms. The van der Waals surface area contributed by atoms with E-state index in [0.29, 0.717) is 93.9 Å². The molecule has 3 saturated heterocycles. The quantitative estimate of drug-likeness (QED) is 0.0500. The molecule has 0 aliphatic carbocycles. The van der Waals surface area contributed by atoms with Crippen molar-refractivity contribution in [3.63, 3.8) is 0 Å². The van der Waals surface area contributed by atoms with Crippen LogP contribution < -0.4 is 54.8 Å². The molecule has 12 heterocycles. The van der Waals surface area contributed by atoms with Crippen LogP contribution in [-0.4, -0.2) is 152 Å². The highest BCUT2D eigenvalue weighted by molar-refractivity contribution is 6.06. The fourth-order valence-electron chi connectivity index (χ4n) is 15.1. The summed E-state index contributed by atoms with van der Waals surface area (Å²) in [6.07, 6.45) is 0.945. The number of nitrogens with zero attached hydrogens (tertiary/aromatic N) is 14. The average Bonchev–Trinajstić information content (AvgIpc) is 0.755. The Hall–Kier alpha value is -11.5. The molecule has 618 valence electrons. The molecule has 0 radical (unpaired) electrons. The first kappa shape index (κ1) is 83.5. The lowest BCUT2D eigenvalue weighted by Crippen LogP contribution is -2.56. The Morgan fingerprint density at radius 2 is 0.897 bits per heavy atom. The standard InChI is InChI=1S/C29H33F3N6O.C28H30F3N5O3.C27H29F3N6O3/c1-4-18(2)10-11-20-15-33-27(34-16-20)36-28(39)38-23-9-6-12-37(17-23)24-13-19(3)25(35-26(24)38)21-7-5-8-22(14-21)29(30,31)32;1-17(15-37)16-39-24-13-21(8-9-32-24)33-27(38)36-22-7-4-10-35(14-22)23-11-18(2)25(34-26(23)36)19-5-3-6-20(12-19)28(29,30)31;1-16(13-37)14-39-23-11-22(31-15-32-23)33-26(38)36-20-7-4-8-35(12-20)21-9-17(2)24(34-25(21)36)18-5-3-6-19(10-18)27(28,29)30/h5,7-8,13-16,18,23H,4,6,9-12,17H2,1-3H3,(H,33,34,36,39);3,5-6,8-9,11-13,17,22,37H,4,7,10,14-16H2,1-2H3,(H,32,33,38);3,5-6,9-11,15-16,20,37H,4,7-8,12-14H2,1-2H3,(H,31,32,33,38)/t18-,23+;17-,22+;16-,20-/m110/s1.